The fraction of sp³-hybridized carbons (Fsp3) is 0.133. The van der Waals surface area contributed by atoms with Crippen molar-refractivity contribution in [2.75, 3.05) is 11.3 Å². The van der Waals surface area contributed by atoms with E-state index < -0.39 is 32.5 Å². The van der Waals surface area contributed by atoms with E-state index in [-0.39, 0.29) is 17.9 Å². The second-order valence-electron chi connectivity index (χ2n) is 4.48. The number of halogens is 2. The van der Waals surface area contributed by atoms with Crippen LogP contribution < -0.4 is 4.72 Å². The third kappa shape index (κ3) is 4.04. The highest BCUT2D eigenvalue weighted by Crippen LogP contribution is 2.19. The van der Waals surface area contributed by atoms with Crippen LogP contribution in [0.2, 0.25) is 0 Å². The summed E-state index contributed by atoms with van der Waals surface area (Å²) >= 11 is 0. The minimum absolute atomic E-state index is 0.169. The average molecular weight is 341 g/mol. The first-order valence-corrected chi connectivity index (χ1v) is 8.07. The van der Waals surface area contributed by atoms with Crippen LogP contribution >= 0.6 is 0 Å². The van der Waals surface area contributed by atoms with E-state index in [1.165, 1.54) is 24.3 Å². The van der Waals surface area contributed by atoms with E-state index in [1.54, 1.807) is 6.92 Å². The summed E-state index contributed by atoms with van der Waals surface area (Å²) in [4.78, 5) is 11.1. The highest BCUT2D eigenvalue weighted by Gasteiger charge is 2.17. The first-order chi connectivity index (χ1) is 10.8. The molecule has 2 aromatic rings. The molecule has 0 aliphatic carbocycles. The van der Waals surface area contributed by atoms with Crippen LogP contribution in [0.1, 0.15) is 17.3 Å². The molecule has 8 heteroatoms. The number of rotatable bonds is 5. The molecule has 0 bridgehead atoms. The molecule has 5 nitrogen and oxygen atoms in total. The number of nitrogens with one attached hydrogen (secondary N) is 1. The molecule has 122 valence electrons. The smallest absolute Gasteiger partial charge is 0.338 e. The van der Waals surface area contributed by atoms with Crippen LogP contribution in [-0.2, 0) is 14.8 Å². The predicted molar refractivity (Wildman–Crippen MR) is 79.6 cm³/mol. The molecule has 0 saturated carbocycles. The van der Waals surface area contributed by atoms with Crippen molar-refractivity contribution in [1.82, 2.24) is 0 Å². The third-order valence-corrected chi connectivity index (χ3v) is 4.23. The third-order valence-electron chi connectivity index (χ3n) is 2.85. The quantitative estimate of drug-likeness (QED) is 0.849. The Morgan fingerprint density at radius 1 is 1.09 bits per heavy atom. The number of ether oxygens (including phenoxy) is 1. The molecule has 0 amide bonds. The molecule has 1 N–H and O–H groups in total. The monoisotopic (exact) mass is 341 g/mol. The van der Waals surface area contributed by atoms with Crippen LogP contribution in [0, 0.1) is 11.6 Å². The largest absolute Gasteiger partial charge is 0.462 e. The molecule has 0 aliphatic heterocycles. The normalized spacial score (nSPS) is 11.1. The summed E-state index contributed by atoms with van der Waals surface area (Å²) in [6, 6.07) is 7.78. The van der Waals surface area contributed by atoms with Crippen LogP contribution in [0.4, 0.5) is 14.5 Å². The highest BCUT2D eigenvalue weighted by molar-refractivity contribution is 7.92. The molecule has 2 rings (SSSR count). The van der Waals surface area contributed by atoms with Crippen molar-refractivity contribution in [1.29, 1.82) is 0 Å². The lowest BCUT2D eigenvalue weighted by atomic mass is 10.2. The van der Waals surface area contributed by atoms with Gasteiger partial charge in [-0.05, 0) is 49.4 Å². The first-order valence-electron chi connectivity index (χ1n) is 6.58. The lowest BCUT2D eigenvalue weighted by molar-refractivity contribution is 0.0526. The molecule has 2 aromatic carbocycles. The molecule has 0 aromatic heterocycles. The number of hydrogen-bond acceptors (Lipinski definition) is 4. The van der Waals surface area contributed by atoms with Crippen molar-refractivity contribution in [2.45, 2.75) is 11.8 Å². The summed E-state index contributed by atoms with van der Waals surface area (Å²) in [5, 5.41) is 0. The fourth-order valence-corrected chi connectivity index (χ4v) is 2.82. The molecule has 0 heterocycles. The van der Waals surface area contributed by atoms with Gasteiger partial charge in [0.2, 0.25) is 0 Å². The molecule has 0 radical (unpaired) electrons. The van der Waals surface area contributed by atoms with E-state index in [9.17, 15) is 22.0 Å². The molecule has 0 aliphatic rings. The van der Waals surface area contributed by atoms with Gasteiger partial charge in [-0.2, -0.15) is 0 Å². The number of hydrogen-bond donors (Lipinski definition) is 1. The summed E-state index contributed by atoms with van der Waals surface area (Å²) in [7, 11) is -4.07. The van der Waals surface area contributed by atoms with Gasteiger partial charge in [0.05, 0.1) is 17.1 Å². The number of sulfonamides is 1. The topological polar surface area (TPSA) is 72.5 Å². The summed E-state index contributed by atoms with van der Waals surface area (Å²) in [5.74, 6) is -2.92. The Bertz CT molecular complexity index is 820. The van der Waals surface area contributed by atoms with E-state index in [0.29, 0.717) is 6.07 Å². The van der Waals surface area contributed by atoms with Gasteiger partial charge in [0.25, 0.3) is 10.0 Å². The van der Waals surface area contributed by atoms with E-state index in [2.05, 4.69) is 4.72 Å². The number of carbonyl (C=O) groups is 1. The summed E-state index contributed by atoms with van der Waals surface area (Å²) in [6.45, 7) is 1.89. The van der Waals surface area contributed by atoms with Crippen molar-refractivity contribution in [3.63, 3.8) is 0 Å². The molecule has 0 atom stereocenters. The highest BCUT2D eigenvalue weighted by atomic mass is 32.2. The molecule has 0 fully saturated rings. The second-order valence-corrected chi connectivity index (χ2v) is 6.16. The first kappa shape index (κ1) is 16.9. The zero-order valence-corrected chi connectivity index (χ0v) is 12.9. The lowest BCUT2D eigenvalue weighted by Crippen LogP contribution is -2.13. The van der Waals surface area contributed by atoms with Crippen molar-refractivity contribution in [2.24, 2.45) is 0 Å². The Morgan fingerprint density at radius 3 is 2.30 bits per heavy atom. The molecule has 0 unspecified atom stereocenters. The van der Waals surface area contributed by atoms with E-state index in [1.807, 2.05) is 0 Å². The van der Waals surface area contributed by atoms with E-state index in [0.717, 1.165) is 12.1 Å². The van der Waals surface area contributed by atoms with Gasteiger partial charge < -0.3 is 4.74 Å². The molecule has 0 spiro atoms. The zero-order chi connectivity index (χ0) is 17.0. The van der Waals surface area contributed by atoms with Crippen molar-refractivity contribution in [3.8, 4) is 0 Å². The van der Waals surface area contributed by atoms with Crippen LogP contribution in [0.15, 0.2) is 47.4 Å². The van der Waals surface area contributed by atoms with Crippen LogP contribution in [0.25, 0.3) is 0 Å². The van der Waals surface area contributed by atoms with Gasteiger partial charge in [-0.1, -0.05) is 0 Å². The Labute approximate surface area is 132 Å². The number of esters is 1. The summed E-state index contributed by atoms with van der Waals surface area (Å²) in [5.41, 5.74) is 0.436. The van der Waals surface area contributed by atoms with Crippen LogP contribution in [-0.4, -0.2) is 21.0 Å². The Balaban J connectivity index is 2.20. The van der Waals surface area contributed by atoms with Gasteiger partial charge in [-0.25, -0.2) is 22.0 Å². The molecule has 23 heavy (non-hydrogen) atoms. The standard InChI is InChI=1S/C15H13F2NO4S/c1-2-22-15(19)10-3-5-11(6-4-10)18-23(20,21)12-7-8-13(16)14(17)9-12/h3-9,18H,2H2,1H3. The van der Waals surface area contributed by atoms with Crippen molar-refractivity contribution in [3.05, 3.63) is 59.7 Å². The van der Waals surface area contributed by atoms with Gasteiger partial charge in [-0.15, -0.1) is 0 Å². The van der Waals surface area contributed by atoms with E-state index >= 15 is 0 Å². The Kier molecular flexibility index (Phi) is 4.95. The lowest BCUT2D eigenvalue weighted by Gasteiger charge is -2.09. The van der Waals surface area contributed by atoms with Crippen molar-refractivity contribution < 1.29 is 26.7 Å². The summed E-state index contributed by atoms with van der Waals surface area (Å²) < 4.78 is 57.2. The summed E-state index contributed by atoms with van der Waals surface area (Å²) in [6.07, 6.45) is 0. The molecule has 0 saturated heterocycles. The maximum absolute atomic E-state index is 13.1. The minimum atomic E-state index is -4.07. The maximum Gasteiger partial charge on any atom is 0.338 e. The van der Waals surface area contributed by atoms with Gasteiger partial charge >= 0.3 is 5.97 Å². The number of anilines is 1. The van der Waals surface area contributed by atoms with Crippen LogP contribution in [0.5, 0.6) is 0 Å². The fourth-order valence-electron chi connectivity index (χ4n) is 1.75. The maximum atomic E-state index is 13.1. The van der Waals surface area contributed by atoms with E-state index in [4.69, 9.17) is 4.74 Å². The zero-order valence-electron chi connectivity index (χ0n) is 12.0. The van der Waals surface area contributed by atoms with Crippen LogP contribution in [0.3, 0.4) is 0 Å². The predicted octanol–water partition coefficient (Wildman–Crippen LogP) is 2.94. The number of benzene rings is 2. The minimum Gasteiger partial charge on any atom is -0.462 e. The Morgan fingerprint density at radius 2 is 1.74 bits per heavy atom. The molecular formula is C15H13F2NO4S. The van der Waals surface area contributed by atoms with Gasteiger partial charge in [0.15, 0.2) is 11.6 Å². The van der Waals surface area contributed by atoms with Gasteiger partial charge in [0, 0.05) is 5.69 Å². The van der Waals surface area contributed by atoms with Gasteiger partial charge in [-0.3, -0.25) is 4.72 Å². The SMILES string of the molecule is CCOC(=O)c1ccc(NS(=O)(=O)c2ccc(F)c(F)c2)cc1. The van der Waals surface area contributed by atoms with Crippen molar-refractivity contribution >= 4 is 21.7 Å². The second kappa shape index (κ2) is 6.74. The number of carbonyl (C=O) groups excluding carboxylic acids is 1. The molecular weight excluding hydrogens is 328 g/mol. The van der Waals surface area contributed by atoms with Gasteiger partial charge in [0.1, 0.15) is 0 Å². The average Bonchev–Trinajstić information content (AvgIpc) is 2.50. The Hall–Kier alpha value is -2.48.